The summed E-state index contributed by atoms with van der Waals surface area (Å²) in [4.78, 5) is 11.0. The number of hydrogen-bond donors (Lipinski definition) is 0. The van der Waals surface area contributed by atoms with Crippen LogP contribution in [-0.4, -0.2) is 32.5 Å². The summed E-state index contributed by atoms with van der Waals surface area (Å²) in [5, 5.41) is -1.00. The van der Waals surface area contributed by atoms with Crippen LogP contribution in [0, 0.1) is 0 Å². The van der Waals surface area contributed by atoms with Crippen LogP contribution < -0.4 is 0 Å². The minimum absolute atomic E-state index is 0.213. The Morgan fingerprint density at radius 3 is 2.17 bits per heavy atom. The van der Waals surface area contributed by atoms with Crippen molar-refractivity contribution in [3.05, 3.63) is 0 Å². The van der Waals surface area contributed by atoms with Crippen LogP contribution in [0.3, 0.4) is 0 Å². The highest BCUT2D eigenvalue weighted by molar-refractivity contribution is 7.92. The van der Waals surface area contributed by atoms with Crippen molar-refractivity contribution in [2.75, 3.05) is 12.9 Å². The maximum Gasteiger partial charge on any atom is 0.324 e. The highest BCUT2D eigenvalue weighted by Gasteiger charge is 2.27. The van der Waals surface area contributed by atoms with Gasteiger partial charge in [0.15, 0.2) is 15.1 Å². The van der Waals surface area contributed by atoms with Crippen LogP contribution in [-0.2, 0) is 19.4 Å². The van der Waals surface area contributed by atoms with Gasteiger partial charge in [0.2, 0.25) is 0 Å². The molecule has 0 saturated heterocycles. The minimum atomic E-state index is -3.31. The first-order chi connectivity index (χ1) is 5.43. The van der Waals surface area contributed by atoms with E-state index >= 15 is 0 Å². The van der Waals surface area contributed by atoms with Gasteiger partial charge in [-0.15, -0.1) is 0 Å². The molecule has 0 aromatic heterocycles. The molecule has 0 N–H and O–H groups in total. The summed E-state index contributed by atoms with van der Waals surface area (Å²) >= 11 is 0. The van der Waals surface area contributed by atoms with Gasteiger partial charge in [0, 0.05) is 6.26 Å². The van der Waals surface area contributed by atoms with Crippen molar-refractivity contribution in [2.24, 2.45) is 0 Å². The summed E-state index contributed by atoms with van der Waals surface area (Å²) in [6.45, 7) is 3.50. The zero-order valence-electron chi connectivity index (χ0n) is 7.53. The quantitative estimate of drug-likeness (QED) is 0.607. The van der Waals surface area contributed by atoms with Gasteiger partial charge < -0.3 is 4.74 Å². The molecule has 0 rings (SSSR count). The molecule has 0 aliphatic carbocycles. The minimum Gasteiger partial charge on any atom is -0.465 e. The third kappa shape index (κ3) is 3.21. The Hall–Kier alpha value is -0.580. The molecule has 0 fully saturated rings. The normalized spacial score (nSPS) is 13.9. The number of rotatable bonds is 4. The molecule has 12 heavy (non-hydrogen) atoms. The van der Waals surface area contributed by atoms with Gasteiger partial charge in [0.1, 0.15) is 0 Å². The van der Waals surface area contributed by atoms with Crippen molar-refractivity contribution in [1.82, 2.24) is 0 Å². The summed E-state index contributed by atoms with van der Waals surface area (Å²) in [6.07, 6.45) is 1.30. The van der Waals surface area contributed by atoms with E-state index in [0.29, 0.717) is 0 Å². The Morgan fingerprint density at radius 1 is 1.42 bits per heavy atom. The molecule has 72 valence electrons. The van der Waals surface area contributed by atoms with Crippen molar-refractivity contribution in [3.63, 3.8) is 0 Å². The number of hydrogen-bond acceptors (Lipinski definition) is 4. The van der Waals surface area contributed by atoms with E-state index in [-0.39, 0.29) is 13.0 Å². The predicted molar refractivity (Wildman–Crippen MR) is 45.6 cm³/mol. The Labute approximate surface area is 72.8 Å². The monoisotopic (exact) mass is 194 g/mol. The van der Waals surface area contributed by atoms with Gasteiger partial charge >= 0.3 is 5.97 Å². The molecule has 0 aliphatic rings. The fraction of sp³-hybridized carbons (Fsp3) is 0.857. The average molecular weight is 194 g/mol. The molecule has 0 saturated carbocycles. The molecule has 0 aliphatic heterocycles. The Kier molecular flexibility index (Phi) is 4.23. The van der Waals surface area contributed by atoms with Gasteiger partial charge in [-0.25, -0.2) is 8.42 Å². The molecule has 0 heterocycles. The molecular weight excluding hydrogens is 180 g/mol. The molecule has 0 spiro atoms. The molecule has 0 bridgehead atoms. The van der Waals surface area contributed by atoms with Crippen LogP contribution in [0.4, 0.5) is 0 Å². The third-order valence-electron chi connectivity index (χ3n) is 1.44. The zero-order chi connectivity index (χ0) is 9.78. The van der Waals surface area contributed by atoms with E-state index in [1.54, 1.807) is 13.8 Å². The van der Waals surface area contributed by atoms with E-state index in [1.165, 1.54) is 0 Å². The van der Waals surface area contributed by atoms with Crippen LogP contribution in [0.25, 0.3) is 0 Å². The van der Waals surface area contributed by atoms with Crippen LogP contribution in [0.2, 0.25) is 0 Å². The van der Waals surface area contributed by atoms with E-state index in [2.05, 4.69) is 4.74 Å². The summed E-state index contributed by atoms with van der Waals surface area (Å²) in [5.74, 6) is -0.650. The second-order valence-electron chi connectivity index (χ2n) is 2.48. The third-order valence-corrected chi connectivity index (χ3v) is 3.00. The number of carbonyl (C=O) groups is 1. The first-order valence-electron chi connectivity index (χ1n) is 3.79. The van der Waals surface area contributed by atoms with E-state index < -0.39 is 21.1 Å². The highest BCUT2D eigenvalue weighted by Crippen LogP contribution is 2.06. The molecule has 5 heteroatoms. The van der Waals surface area contributed by atoms with Crippen molar-refractivity contribution in [2.45, 2.75) is 25.5 Å². The summed E-state index contributed by atoms with van der Waals surface area (Å²) in [7, 11) is -3.31. The fourth-order valence-electron chi connectivity index (χ4n) is 0.879. The summed E-state index contributed by atoms with van der Waals surface area (Å²) < 4.78 is 26.6. The van der Waals surface area contributed by atoms with E-state index in [9.17, 15) is 13.2 Å². The predicted octanol–water partition coefficient (Wildman–Crippen LogP) is 0.373. The van der Waals surface area contributed by atoms with E-state index in [1.807, 2.05) is 0 Å². The van der Waals surface area contributed by atoms with E-state index in [4.69, 9.17) is 0 Å². The second kappa shape index (κ2) is 4.45. The molecule has 4 nitrogen and oxygen atoms in total. The molecule has 0 amide bonds. The number of esters is 1. The summed E-state index contributed by atoms with van der Waals surface area (Å²) in [5.41, 5.74) is 0. The lowest BCUT2D eigenvalue weighted by atomic mass is 10.3. The van der Waals surface area contributed by atoms with Crippen molar-refractivity contribution < 1.29 is 17.9 Å². The molecule has 0 aromatic rings. The lowest BCUT2D eigenvalue weighted by molar-refractivity contribution is -0.142. The molecule has 0 unspecified atom stereocenters. The SMILES string of the molecule is CCOC(=O)[C@@H](CC)S(C)(=O)=O. The largest absolute Gasteiger partial charge is 0.465 e. The van der Waals surface area contributed by atoms with Gasteiger partial charge in [0.05, 0.1) is 6.61 Å². The fourth-order valence-corrected chi connectivity index (χ4v) is 1.90. The maximum absolute atomic E-state index is 11.0. The topological polar surface area (TPSA) is 60.4 Å². The van der Waals surface area contributed by atoms with Crippen molar-refractivity contribution >= 4 is 15.8 Å². The highest BCUT2D eigenvalue weighted by atomic mass is 32.2. The average Bonchev–Trinajstić information content (AvgIpc) is 1.85. The lowest BCUT2D eigenvalue weighted by Crippen LogP contribution is -2.30. The smallest absolute Gasteiger partial charge is 0.324 e. The van der Waals surface area contributed by atoms with Gasteiger partial charge in [0.25, 0.3) is 0 Å². The second-order valence-corrected chi connectivity index (χ2v) is 4.71. The number of carbonyl (C=O) groups excluding carboxylic acids is 1. The summed E-state index contributed by atoms with van der Waals surface area (Å²) in [6, 6.07) is 0. The molecular formula is C7H14O4S. The van der Waals surface area contributed by atoms with Crippen molar-refractivity contribution in [1.29, 1.82) is 0 Å². The van der Waals surface area contributed by atoms with E-state index in [0.717, 1.165) is 6.26 Å². The lowest BCUT2D eigenvalue weighted by Gasteiger charge is -2.10. The Bertz CT molecular complexity index is 242. The van der Waals surface area contributed by atoms with Gasteiger partial charge in [-0.2, -0.15) is 0 Å². The van der Waals surface area contributed by atoms with Gasteiger partial charge in [-0.3, -0.25) is 4.79 Å². The Balaban J connectivity index is 4.47. The molecule has 0 radical (unpaired) electrons. The number of sulfone groups is 1. The molecule has 0 aromatic carbocycles. The molecule has 1 atom stereocenters. The first-order valence-corrected chi connectivity index (χ1v) is 5.74. The Morgan fingerprint density at radius 2 is 1.92 bits per heavy atom. The van der Waals surface area contributed by atoms with Crippen LogP contribution in [0.5, 0.6) is 0 Å². The van der Waals surface area contributed by atoms with Gasteiger partial charge in [-0.1, -0.05) is 6.92 Å². The van der Waals surface area contributed by atoms with Crippen LogP contribution in [0.1, 0.15) is 20.3 Å². The van der Waals surface area contributed by atoms with Gasteiger partial charge in [-0.05, 0) is 13.3 Å². The van der Waals surface area contributed by atoms with Crippen LogP contribution in [0.15, 0.2) is 0 Å². The van der Waals surface area contributed by atoms with Crippen LogP contribution >= 0.6 is 0 Å². The standard InChI is InChI=1S/C7H14O4S/c1-4-6(12(3,9)10)7(8)11-5-2/h6H,4-5H2,1-3H3/t6-/m1/s1. The first kappa shape index (κ1) is 11.4. The zero-order valence-corrected chi connectivity index (χ0v) is 8.35. The van der Waals surface area contributed by atoms with Crippen molar-refractivity contribution in [3.8, 4) is 0 Å². The number of ether oxygens (including phenoxy) is 1. The maximum atomic E-state index is 11.0.